The van der Waals surface area contributed by atoms with Crippen molar-refractivity contribution < 1.29 is 53.9 Å². The van der Waals surface area contributed by atoms with Crippen molar-refractivity contribution in [3.8, 4) is 0 Å². The number of hydrogen-bond donors (Lipinski definition) is 6. The second kappa shape index (κ2) is 51.4. The number of rotatable bonds is 32. The van der Waals surface area contributed by atoms with Gasteiger partial charge in [0.15, 0.2) is 0 Å². The summed E-state index contributed by atoms with van der Waals surface area (Å²) < 4.78 is 54.7. The second-order valence-corrected chi connectivity index (χ2v) is 21.2. The van der Waals surface area contributed by atoms with Crippen LogP contribution in [0, 0.1) is 0 Å². The van der Waals surface area contributed by atoms with E-state index in [0.717, 1.165) is 37.8 Å². The van der Waals surface area contributed by atoms with Crippen LogP contribution in [-0.4, -0.2) is 137 Å². The first kappa shape index (κ1) is 73.7. The molecule has 0 aliphatic rings. The van der Waals surface area contributed by atoms with Crippen molar-refractivity contribution in [1.82, 2.24) is 0 Å². The summed E-state index contributed by atoms with van der Waals surface area (Å²) in [5.41, 5.74) is 21.6. The molecule has 56 heavy (non-hydrogen) atoms. The number of nitrogens with two attached hydrogens (primary N) is 4. The van der Waals surface area contributed by atoms with E-state index in [2.05, 4.69) is 0 Å². The summed E-state index contributed by atoms with van der Waals surface area (Å²) in [7, 11) is -10.5. The average molecular weight is 894 g/mol. The molecule has 0 bridgehead atoms. The van der Waals surface area contributed by atoms with Gasteiger partial charge in [0.2, 0.25) is 0 Å². The van der Waals surface area contributed by atoms with Gasteiger partial charge in [-0.1, -0.05) is 29.7 Å². The van der Waals surface area contributed by atoms with Crippen molar-refractivity contribution in [3.63, 3.8) is 0 Å². The van der Waals surface area contributed by atoms with Crippen LogP contribution in [0.5, 0.6) is 0 Å². The molecule has 0 spiro atoms. The third kappa shape index (κ3) is 42.4. The van der Waals surface area contributed by atoms with E-state index in [0.29, 0.717) is 104 Å². The smallest absolute Gasteiger partial charge is 0.390 e. The molecule has 0 radical (unpaired) electrons. The largest absolute Gasteiger partial charge is 0.500 e. The normalized spacial score (nSPS) is 11.1. The van der Waals surface area contributed by atoms with Gasteiger partial charge in [-0.15, -0.1) is 0 Å². The molecule has 0 aliphatic heterocycles. The molecule has 10 N–H and O–H groups in total. The fourth-order valence-corrected chi connectivity index (χ4v) is 13.7. The molecule has 0 aromatic heterocycles. The Balaban J connectivity index is -0.0000000895. The van der Waals surface area contributed by atoms with Gasteiger partial charge in [0.25, 0.3) is 0 Å². The lowest BCUT2D eigenvalue weighted by Crippen LogP contribution is -2.46. The molecule has 0 unspecified atom stereocenters. The van der Waals surface area contributed by atoms with Crippen molar-refractivity contribution in [3.05, 3.63) is 0 Å². The molecule has 0 rings (SSSR count). The zero-order valence-electron chi connectivity index (χ0n) is 34.8. The summed E-state index contributed by atoms with van der Waals surface area (Å²) in [6.07, 6.45) is 3.30. The van der Waals surface area contributed by atoms with Gasteiger partial charge < -0.3 is 76.8 Å². The van der Waals surface area contributed by atoms with Gasteiger partial charge in [0.1, 0.15) is 0 Å². The summed E-state index contributed by atoms with van der Waals surface area (Å²) in [5, 5.41) is 0. The fourth-order valence-electron chi connectivity index (χ4n) is 4.56. The predicted molar refractivity (Wildman–Crippen MR) is 245 cm³/mol. The molecule has 0 aromatic rings. The third-order valence-corrected chi connectivity index (χ3v) is 17.7. The lowest BCUT2D eigenvalue weighted by Gasteiger charge is -2.28. The minimum atomic E-state index is -2.85. The molecule has 16 nitrogen and oxygen atoms in total. The Labute approximate surface area is 352 Å². The molecule has 0 aromatic carbocycles. The van der Waals surface area contributed by atoms with Gasteiger partial charge in [-0.2, -0.15) is 0 Å². The van der Waals surface area contributed by atoms with Gasteiger partial charge in [0, 0.05) is 90.2 Å². The van der Waals surface area contributed by atoms with Gasteiger partial charge in [-0.25, -0.2) is 0 Å². The average Bonchev–Trinajstić information content (AvgIpc) is 3.10. The van der Waals surface area contributed by atoms with E-state index >= 15 is 0 Å². The summed E-state index contributed by atoms with van der Waals surface area (Å²) in [5.74, 6) is 0. The van der Waals surface area contributed by atoms with E-state index in [9.17, 15) is 9.59 Å². The van der Waals surface area contributed by atoms with Crippen LogP contribution in [0.15, 0.2) is 0 Å². The van der Waals surface area contributed by atoms with E-state index in [4.69, 9.17) is 67.2 Å². The topological polar surface area (TPSA) is 237 Å². The highest BCUT2D eigenvalue weighted by Crippen LogP contribution is 2.18. The van der Waals surface area contributed by atoms with Gasteiger partial charge >= 0.3 is 35.2 Å². The fraction of sp³-hybridized carbons (Fsp3) is 1.00. The Morgan fingerprint density at radius 2 is 0.464 bits per heavy atom. The molecule has 20 heteroatoms. The van der Waals surface area contributed by atoms with Crippen LogP contribution < -0.4 is 22.9 Å². The van der Waals surface area contributed by atoms with Crippen LogP contribution in [0.3, 0.4) is 0 Å². The maximum Gasteiger partial charge on any atom is 0.500 e. The SMILES string of the molecule is C.C.C.C.CCO[Si](CCCN)(OCC)OCC.CCO[Si](CCCN)(OCC)OCC.CCO[Si](O)(CCCN)OCC.CCO[Si](O)(CCCN)OCC. The van der Waals surface area contributed by atoms with Crippen molar-refractivity contribution in [2.24, 2.45) is 22.9 Å². The molecular formula is C36H100N4O12Si4. The predicted octanol–water partition coefficient (Wildman–Crippen LogP) is 5.99. The molecule has 0 amide bonds. The van der Waals surface area contributed by atoms with Crippen molar-refractivity contribution in [1.29, 1.82) is 0 Å². The minimum absolute atomic E-state index is 0. The van der Waals surface area contributed by atoms with E-state index in [1.54, 1.807) is 0 Å². The first-order valence-electron chi connectivity index (χ1n) is 19.5. The lowest BCUT2D eigenvalue weighted by atomic mass is 10.5. The maximum atomic E-state index is 9.78. The zero-order valence-corrected chi connectivity index (χ0v) is 38.8. The van der Waals surface area contributed by atoms with Crippen LogP contribution in [0.1, 0.15) is 125 Å². The quantitative estimate of drug-likeness (QED) is 0.0426. The molecule has 0 heterocycles. The molecule has 0 saturated carbocycles. The standard InChI is InChI=1S/2C9H23NO3Si.2C7H19NO3Si.4CH4/c2*1-4-11-14(12-5-2,13-6-3)9-7-8-10;2*1-3-10-12(9,11-4-2)7-5-6-8;;;;/h2*4-10H2,1-3H3;2*9H,3-8H2,1-2H3;4*1H4. The Kier molecular flexibility index (Phi) is 67.6. The van der Waals surface area contributed by atoms with Crippen molar-refractivity contribution >= 4 is 35.2 Å². The van der Waals surface area contributed by atoms with E-state index < -0.39 is 35.2 Å². The second-order valence-electron chi connectivity index (χ2n) is 10.7. The van der Waals surface area contributed by atoms with Gasteiger partial charge in [0.05, 0.1) is 0 Å². The Bertz CT molecular complexity index is 620. The Morgan fingerprint density at radius 1 is 0.304 bits per heavy atom. The molecule has 0 fully saturated rings. The molecule has 0 aliphatic carbocycles. The maximum absolute atomic E-state index is 9.78. The van der Waals surface area contributed by atoms with Crippen LogP contribution in [0.4, 0.5) is 0 Å². The highest BCUT2D eigenvalue weighted by Gasteiger charge is 2.40. The van der Waals surface area contributed by atoms with Crippen LogP contribution in [-0.2, 0) is 44.3 Å². The summed E-state index contributed by atoms with van der Waals surface area (Å²) in [4.78, 5) is 19.6. The Morgan fingerprint density at radius 3 is 0.607 bits per heavy atom. The van der Waals surface area contributed by atoms with Gasteiger partial charge in [-0.05, 0) is 121 Å². The Hall–Kier alpha value is 0.228. The first-order valence-corrected chi connectivity index (χ1v) is 27.3. The minimum Gasteiger partial charge on any atom is -0.390 e. The monoisotopic (exact) mass is 893 g/mol. The summed E-state index contributed by atoms with van der Waals surface area (Å²) in [6, 6.07) is 2.76. The van der Waals surface area contributed by atoms with Crippen LogP contribution in [0.25, 0.3) is 0 Å². The highest BCUT2D eigenvalue weighted by atomic mass is 28.4. The third-order valence-electron chi connectivity index (χ3n) is 6.43. The zero-order chi connectivity index (χ0) is 40.6. The molecule has 0 saturated heterocycles. The number of hydrogen-bond acceptors (Lipinski definition) is 16. The first-order chi connectivity index (χ1) is 24.8. The molecular weight excluding hydrogens is 793 g/mol. The van der Waals surface area contributed by atoms with E-state index in [1.807, 2.05) is 69.2 Å². The molecule has 352 valence electrons. The van der Waals surface area contributed by atoms with E-state index in [-0.39, 0.29) is 29.7 Å². The van der Waals surface area contributed by atoms with Crippen LogP contribution in [0.2, 0.25) is 24.2 Å². The van der Waals surface area contributed by atoms with Crippen molar-refractivity contribution in [2.75, 3.05) is 92.2 Å². The lowest BCUT2D eigenvalue weighted by molar-refractivity contribution is 0.0702. The molecule has 0 atom stereocenters. The highest BCUT2D eigenvalue weighted by molar-refractivity contribution is 6.61. The summed E-state index contributed by atoms with van der Waals surface area (Å²) in [6.45, 7) is 27.4. The van der Waals surface area contributed by atoms with E-state index in [1.165, 1.54) is 0 Å². The van der Waals surface area contributed by atoms with Gasteiger partial charge in [-0.3, -0.25) is 0 Å². The summed E-state index contributed by atoms with van der Waals surface area (Å²) >= 11 is 0. The van der Waals surface area contributed by atoms with Crippen LogP contribution >= 0.6 is 0 Å². The van der Waals surface area contributed by atoms with Crippen molar-refractivity contribution in [2.45, 2.75) is 149 Å².